The van der Waals surface area contributed by atoms with Gasteiger partial charge in [0.15, 0.2) is 11.5 Å². The van der Waals surface area contributed by atoms with Gasteiger partial charge >= 0.3 is 0 Å². The highest BCUT2D eigenvalue weighted by atomic mass is 32.2. The number of thioether (sulfide) groups is 1. The maximum atomic E-state index is 13.9. The number of nitrogens with zero attached hydrogens (tertiary/aromatic N) is 5. The molecule has 3 aromatic rings. The lowest BCUT2D eigenvalue weighted by molar-refractivity contribution is -0.122. The first-order valence-electron chi connectivity index (χ1n) is 14.1. The maximum absolute atomic E-state index is 13.9. The quantitative estimate of drug-likeness (QED) is 0.204. The monoisotopic (exact) mass is 607 g/mol. The summed E-state index contributed by atoms with van der Waals surface area (Å²) in [4.78, 5) is 38.7. The molecule has 0 saturated carbocycles. The average molecular weight is 608 g/mol. The Morgan fingerprint density at radius 2 is 1.90 bits per heavy atom. The zero-order valence-corrected chi connectivity index (χ0v) is 25.3. The molecule has 3 aliphatic heterocycles. The number of carbonyl (C=O) groups is 1. The van der Waals surface area contributed by atoms with E-state index in [-0.39, 0.29) is 18.3 Å². The van der Waals surface area contributed by atoms with Crippen molar-refractivity contribution in [3.05, 3.63) is 68.5 Å². The van der Waals surface area contributed by atoms with Crippen LogP contribution < -0.4 is 19.9 Å². The van der Waals surface area contributed by atoms with Gasteiger partial charge in [0, 0.05) is 58.7 Å². The number of aryl methyl sites for hydroxylation is 1. The van der Waals surface area contributed by atoms with Gasteiger partial charge in [-0.05, 0) is 55.7 Å². The van der Waals surface area contributed by atoms with Crippen LogP contribution in [0, 0.1) is 6.92 Å². The Morgan fingerprint density at radius 1 is 1.10 bits per heavy atom. The molecule has 3 aliphatic rings. The molecule has 2 aromatic heterocycles. The summed E-state index contributed by atoms with van der Waals surface area (Å²) in [5, 5.41) is 0. The van der Waals surface area contributed by atoms with Gasteiger partial charge in [0.25, 0.3) is 11.5 Å². The van der Waals surface area contributed by atoms with Crippen molar-refractivity contribution >= 4 is 51.7 Å². The fourth-order valence-corrected chi connectivity index (χ4v) is 6.61. The number of pyridine rings is 1. The van der Waals surface area contributed by atoms with Crippen molar-refractivity contribution in [3.63, 3.8) is 0 Å². The number of fused-ring (bicyclic) bond motifs is 2. The van der Waals surface area contributed by atoms with Crippen LogP contribution in [0.1, 0.15) is 30.0 Å². The van der Waals surface area contributed by atoms with Crippen LogP contribution in [0.5, 0.6) is 11.5 Å². The van der Waals surface area contributed by atoms with Gasteiger partial charge in [0.2, 0.25) is 6.79 Å². The van der Waals surface area contributed by atoms with Crippen molar-refractivity contribution < 1.29 is 19.0 Å². The summed E-state index contributed by atoms with van der Waals surface area (Å²) in [6.45, 7) is 9.58. The number of amides is 1. The number of carbonyl (C=O) groups excluding carboxylic acids is 1. The van der Waals surface area contributed by atoms with Gasteiger partial charge in [-0.2, -0.15) is 0 Å². The molecule has 0 aliphatic carbocycles. The van der Waals surface area contributed by atoms with E-state index in [1.54, 1.807) is 21.6 Å². The lowest BCUT2D eigenvalue weighted by Crippen LogP contribution is -2.47. The van der Waals surface area contributed by atoms with E-state index < -0.39 is 0 Å². The normalized spacial score (nSPS) is 18.2. The van der Waals surface area contributed by atoms with Gasteiger partial charge in [0.1, 0.15) is 15.8 Å². The predicted molar refractivity (Wildman–Crippen MR) is 167 cm³/mol. The molecule has 1 aromatic carbocycles. The molecular formula is C30H33N5O5S2. The summed E-state index contributed by atoms with van der Waals surface area (Å²) in [6, 6.07) is 9.86. The maximum Gasteiger partial charge on any atom is 0.267 e. The van der Waals surface area contributed by atoms with Gasteiger partial charge in [-0.15, -0.1) is 0 Å². The molecule has 220 valence electrons. The third kappa shape index (κ3) is 5.89. The molecular weight excluding hydrogens is 574 g/mol. The molecule has 10 nitrogen and oxygen atoms in total. The smallest absolute Gasteiger partial charge is 0.267 e. The number of thiocarbonyl (C=S) groups is 1. The molecule has 1 amide bonds. The number of hydrogen-bond donors (Lipinski definition) is 0. The summed E-state index contributed by atoms with van der Waals surface area (Å²) in [7, 11) is 0. The predicted octanol–water partition coefficient (Wildman–Crippen LogP) is 3.68. The van der Waals surface area contributed by atoms with Gasteiger partial charge < -0.3 is 19.1 Å². The van der Waals surface area contributed by atoms with Crippen molar-refractivity contribution in [2.75, 3.05) is 57.6 Å². The van der Waals surface area contributed by atoms with Gasteiger partial charge in [-0.25, -0.2) is 4.98 Å². The van der Waals surface area contributed by atoms with E-state index in [2.05, 4.69) is 15.9 Å². The highest BCUT2D eigenvalue weighted by molar-refractivity contribution is 8.26. The summed E-state index contributed by atoms with van der Waals surface area (Å²) in [5.74, 6) is 1.97. The number of rotatable bonds is 9. The number of hydrogen-bond acceptors (Lipinski definition) is 10. The minimum Gasteiger partial charge on any atom is -0.454 e. The van der Waals surface area contributed by atoms with E-state index in [1.807, 2.05) is 38.1 Å². The Balaban J connectivity index is 1.25. The van der Waals surface area contributed by atoms with Crippen LogP contribution in [0.4, 0.5) is 5.82 Å². The largest absolute Gasteiger partial charge is 0.454 e. The van der Waals surface area contributed by atoms with E-state index in [1.165, 1.54) is 11.8 Å². The molecule has 0 N–H and O–H groups in total. The second kappa shape index (κ2) is 12.4. The molecule has 2 saturated heterocycles. The Morgan fingerprint density at radius 3 is 2.71 bits per heavy atom. The number of aromatic nitrogens is 2. The second-order valence-corrected chi connectivity index (χ2v) is 12.1. The second-order valence-electron chi connectivity index (χ2n) is 10.4. The SMILES string of the molecule is CCOCCCN1C(=O)C(=Cc2c(N3CCN(Cc4ccc5c(c4)OCO5)CC3)nc3ccc(C)cn3c2=O)SC1=S. The van der Waals surface area contributed by atoms with Crippen LogP contribution in [0.15, 0.2) is 46.2 Å². The van der Waals surface area contributed by atoms with E-state index >= 15 is 0 Å². The third-order valence-electron chi connectivity index (χ3n) is 7.52. The third-order valence-corrected chi connectivity index (χ3v) is 8.90. The van der Waals surface area contributed by atoms with Crippen LogP contribution in [-0.2, 0) is 16.1 Å². The highest BCUT2D eigenvalue weighted by Gasteiger charge is 2.33. The van der Waals surface area contributed by atoms with Gasteiger partial charge in [-0.1, -0.05) is 36.1 Å². The van der Waals surface area contributed by atoms with Crippen molar-refractivity contribution in [1.29, 1.82) is 0 Å². The zero-order chi connectivity index (χ0) is 29.2. The first-order chi connectivity index (χ1) is 20.4. The molecule has 0 spiro atoms. The van der Waals surface area contributed by atoms with Crippen molar-refractivity contribution in [3.8, 4) is 11.5 Å². The molecule has 2 fully saturated rings. The summed E-state index contributed by atoms with van der Waals surface area (Å²) >= 11 is 6.75. The lowest BCUT2D eigenvalue weighted by Gasteiger charge is -2.36. The van der Waals surface area contributed by atoms with Gasteiger partial charge in [0.05, 0.1) is 10.5 Å². The van der Waals surface area contributed by atoms with Crippen molar-refractivity contribution in [1.82, 2.24) is 19.2 Å². The van der Waals surface area contributed by atoms with Crippen LogP contribution >= 0.6 is 24.0 Å². The number of ether oxygens (including phenoxy) is 3. The molecule has 6 rings (SSSR count). The minimum atomic E-state index is -0.205. The van der Waals surface area contributed by atoms with E-state index in [4.69, 9.17) is 31.4 Å². The average Bonchev–Trinajstić information content (AvgIpc) is 3.56. The highest BCUT2D eigenvalue weighted by Crippen LogP contribution is 2.35. The summed E-state index contributed by atoms with van der Waals surface area (Å²) in [6.07, 6.45) is 4.16. The minimum absolute atomic E-state index is 0.185. The van der Waals surface area contributed by atoms with Crippen molar-refractivity contribution in [2.24, 2.45) is 0 Å². The first-order valence-corrected chi connectivity index (χ1v) is 15.4. The molecule has 42 heavy (non-hydrogen) atoms. The van der Waals surface area contributed by atoms with Crippen LogP contribution in [-0.4, -0.2) is 82.1 Å². The standard InChI is InChI=1S/C30H33N5O5S2/c1-3-38-14-4-9-34-29(37)25(42-30(34)41)16-22-27(31-26-8-5-20(2)17-35(26)28(22)36)33-12-10-32(11-13-33)18-21-6-7-23-24(15-21)40-19-39-23/h5-8,15-17H,3-4,9-14,18-19H2,1-2H3. The number of piperazine rings is 1. The van der Waals surface area contributed by atoms with Gasteiger partial charge in [-0.3, -0.25) is 23.8 Å². The first kappa shape index (κ1) is 28.7. The van der Waals surface area contributed by atoms with E-state index in [0.29, 0.717) is 65.5 Å². The fraction of sp³-hybridized carbons (Fsp3) is 0.400. The van der Waals surface area contributed by atoms with Crippen molar-refractivity contribution in [2.45, 2.75) is 26.8 Å². The van der Waals surface area contributed by atoms with E-state index in [0.717, 1.165) is 42.3 Å². The van der Waals surface area contributed by atoms with Crippen LogP contribution in [0.3, 0.4) is 0 Å². The Bertz CT molecular complexity index is 1620. The molecule has 5 heterocycles. The van der Waals surface area contributed by atoms with Crippen LogP contribution in [0.2, 0.25) is 0 Å². The lowest BCUT2D eigenvalue weighted by atomic mass is 10.1. The Labute approximate surface area is 253 Å². The molecule has 0 unspecified atom stereocenters. The summed E-state index contributed by atoms with van der Waals surface area (Å²) in [5.41, 5.74) is 2.88. The van der Waals surface area contributed by atoms with Crippen LogP contribution in [0.25, 0.3) is 11.7 Å². The molecule has 0 bridgehead atoms. The Hall–Kier alpha value is -3.45. The number of benzene rings is 1. The molecule has 12 heteroatoms. The summed E-state index contributed by atoms with van der Waals surface area (Å²) < 4.78 is 18.4. The van der Waals surface area contributed by atoms with E-state index in [9.17, 15) is 9.59 Å². The molecule has 0 radical (unpaired) electrons. The molecule has 0 atom stereocenters. The number of anilines is 1. The fourth-order valence-electron chi connectivity index (χ4n) is 5.32. The topological polar surface area (TPSA) is 88.8 Å². The zero-order valence-electron chi connectivity index (χ0n) is 23.7. The Kier molecular flexibility index (Phi) is 8.48.